The number of hydrogen-bond acceptors (Lipinski definition) is 3. The highest BCUT2D eigenvalue weighted by molar-refractivity contribution is 9.10. The molecule has 0 unspecified atom stereocenters. The van der Waals surface area contributed by atoms with Gasteiger partial charge in [0.25, 0.3) is 5.91 Å². The van der Waals surface area contributed by atoms with Crippen LogP contribution in [0.3, 0.4) is 0 Å². The summed E-state index contributed by atoms with van der Waals surface area (Å²) in [7, 11) is 0. The Bertz CT molecular complexity index is 644. The minimum atomic E-state index is -0.215. The lowest BCUT2D eigenvalue weighted by atomic mass is 10.1. The molecule has 0 aliphatic rings. The van der Waals surface area contributed by atoms with Crippen molar-refractivity contribution < 1.29 is 9.53 Å². The lowest BCUT2D eigenvalue weighted by molar-refractivity contribution is -0.118. The molecule has 1 amide bonds. The summed E-state index contributed by atoms with van der Waals surface area (Å²) in [5.41, 5.74) is 8.26. The van der Waals surface area contributed by atoms with Crippen molar-refractivity contribution in [3.8, 4) is 5.75 Å². The Morgan fingerprint density at radius 3 is 2.71 bits per heavy atom. The highest BCUT2D eigenvalue weighted by Gasteiger charge is 2.10. The fourth-order valence-corrected chi connectivity index (χ4v) is 2.35. The highest BCUT2D eigenvalue weighted by atomic mass is 79.9. The van der Waals surface area contributed by atoms with E-state index in [4.69, 9.17) is 10.5 Å². The number of carbonyl (C=O) groups is 1. The Morgan fingerprint density at radius 2 is 2.00 bits per heavy atom. The van der Waals surface area contributed by atoms with E-state index in [-0.39, 0.29) is 12.5 Å². The second-order valence-electron chi connectivity index (χ2n) is 4.58. The molecule has 0 saturated heterocycles. The zero-order valence-corrected chi connectivity index (χ0v) is 13.3. The predicted octanol–water partition coefficient (Wildman–Crippen LogP) is 3.23. The molecule has 0 spiro atoms. The summed E-state index contributed by atoms with van der Waals surface area (Å²) in [6.07, 6.45) is 0. The number of nitrogens with two attached hydrogens (primary N) is 1. The van der Waals surface area contributed by atoms with Gasteiger partial charge < -0.3 is 15.8 Å². The number of benzene rings is 2. The predicted molar refractivity (Wildman–Crippen MR) is 87.3 cm³/mol. The highest BCUT2D eigenvalue weighted by Crippen LogP contribution is 2.24. The molecule has 4 nitrogen and oxygen atoms in total. The average molecular weight is 349 g/mol. The van der Waals surface area contributed by atoms with Crippen LogP contribution in [0.5, 0.6) is 5.75 Å². The van der Waals surface area contributed by atoms with Crippen molar-refractivity contribution in [1.82, 2.24) is 0 Å². The van der Waals surface area contributed by atoms with Crippen LogP contribution in [-0.4, -0.2) is 12.5 Å². The first-order valence-electron chi connectivity index (χ1n) is 6.57. The zero-order chi connectivity index (χ0) is 15.2. The quantitative estimate of drug-likeness (QED) is 0.871. The Labute approximate surface area is 132 Å². The Hall–Kier alpha value is -1.85. The molecule has 0 atom stereocenters. The number of rotatable bonds is 5. The second-order valence-corrected chi connectivity index (χ2v) is 5.44. The van der Waals surface area contributed by atoms with Crippen molar-refractivity contribution in [2.45, 2.75) is 13.5 Å². The smallest absolute Gasteiger partial charge is 0.262 e. The normalized spacial score (nSPS) is 10.2. The van der Waals surface area contributed by atoms with E-state index >= 15 is 0 Å². The molecule has 2 rings (SSSR count). The van der Waals surface area contributed by atoms with E-state index in [9.17, 15) is 4.79 Å². The maximum Gasteiger partial charge on any atom is 0.262 e. The lowest BCUT2D eigenvalue weighted by Crippen LogP contribution is -2.21. The van der Waals surface area contributed by atoms with Gasteiger partial charge in [-0.25, -0.2) is 0 Å². The summed E-state index contributed by atoms with van der Waals surface area (Å²) < 4.78 is 6.46. The molecule has 110 valence electrons. The first-order valence-corrected chi connectivity index (χ1v) is 7.37. The Morgan fingerprint density at radius 1 is 1.24 bits per heavy atom. The molecule has 0 fully saturated rings. The van der Waals surface area contributed by atoms with Gasteiger partial charge in [-0.05, 0) is 40.5 Å². The SMILES string of the molecule is Cc1cccc(CN)c1OCC(=O)Nc1ccccc1Br. The van der Waals surface area contributed by atoms with Gasteiger partial charge in [-0.1, -0.05) is 30.3 Å². The average Bonchev–Trinajstić information content (AvgIpc) is 2.48. The molecule has 0 aliphatic heterocycles. The largest absolute Gasteiger partial charge is 0.483 e. The number of amides is 1. The number of nitrogens with one attached hydrogen (secondary N) is 1. The molecule has 0 aromatic heterocycles. The van der Waals surface area contributed by atoms with Gasteiger partial charge in [0, 0.05) is 16.6 Å². The van der Waals surface area contributed by atoms with Crippen LogP contribution in [0, 0.1) is 6.92 Å². The first-order chi connectivity index (χ1) is 10.1. The molecule has 0 bridgehead atoms. The van der Waals surface area contributed by atoms with Crippen LogP contribution in [-0.2, 0) is 11.3 Å². The van der Waals surface area contributed by atoms with Crippen LogP contribution in [0.15, 0.2) is 46.9 Å². The first kappa shape index (κ1) is 15.5. The molecule has 0 heterocycles. The lowest BCUT2D eigenvalue weighted by Gasteiger charge is -2.13. The molecule has 0 aliphatic carbocycles. The maximum absolute atomic E-state index is 12.0. The van der Waals surface area contributed by atoms with Gasteiger partial charge in [0.2, 0.25) is 0 Å². The van der Waals surface area contributed by atoms with Crippen molar-refractivity contribution >= 4 is 27.5 Å². The fraction of sp³-hybridized carbons (Fsp3) is 0.188. The van der Waals surface area contributed by atoms with E-state index in [1.54, 1.807) is 0 Å². The standard InChI is InChI=1S/C16H17BrN2O2/c1-11-5-4-6-12(9-18)16(11)21-10-15(20)19-14-8-3-2-7-13(14)17/h2-8H,9-10,18H2,1H3,(H,19,20). The van der Waals surface area contributed by atoms with Crippen molar-refractivity contribution in [3.63, 3.8) is 0 Å². The van der Waals surface area contributed by atoms with Gasteiger partial charge in [0.15, 0.2) is 6.61 Å². The third-order valence-corrected chi connectivity index (χ3v) is 3.70. The number of ether oxygens (including phenoxy) is 1. The molecule has 2 aromatic carbocycles. The van der Waals surface area contributed by atoms with Gasteiger partial charge in [0.05, 0.1) is 5.69 Å². The van der Waals surface area contributed by atoms with Crippen LogP contribution in [0.25, 0.3) is 0 Å². The van der Waals surface area contributed by atoms with Gasteiger partial charge in [-0.15, -0.1) is 0 Å². The Kier molecular flexibility index (Phi) is 5.36. The van der Waals surface area contributed by atoms with E-state index in [0.29, 0.717) is 12.3 Å². The van der Waals surface area contributed by atoms with Crippen molar-refractivity contribution in [2.24, 2.45) is 5.73 Å². The molecule has 5 heteroatoms. The minimum absolute atomic E-state index is 0.0564. The summed E-state index contributed by atoms with van der Waals surface area (Å²) in [5.74, 6) is 0.468. The van der Waals surface area contributed by atoms with Gasteiger partial charge in [-0.2, -0.15) is 0 Å². The van der Waals surface area contributed by atoms with Crippen LogP contribution in [0.2, 0.25) is 0 Å². The molecule has 2 aromatic rings. The summed E-state index contributed by atoms with van der Waals surface area (Å²) in [6, 6.07) is 13.2. The molecule has 21 heavy (non-hydrogen) atoms. The number of para-hydroxylation sites is 2. The van der Waals surface area contributed by atoms with Crippen LogP contribution >= 0.6 is 15.9 Å². The van der Waals surface area contributed by atoms with Crippen molar-refractivity contribution in [3.05, 3.63) is 58.1 Å². The number of halogens is 1. The topological polar surface area (TPSA) is 64.3 Å². The fourth-order valence-electron chi connectivity index (χ4n) is 1.97. The van der Waals surface area contributed by atoms with E-state index in [1.165, 1.54) is 0 Å². The molecule has 3 N–H and O–H groups in total. The molecule has 0 saturated carbocycles. The van der Waals surface area contributed by atoms with Gasteiger partial charge in [0.1, 0.15) is 5.75 Å². The molecule has 0 radical (unpaired) electrons. The minimum Gasteiger partial charge on any atom is -0.483 e. The number of carbonyl (C=O) groups excluding carboxylic acids is 1. The monoisotopic (exact) mass is 348 g/mol. The van der Waals surface area contributed by atoms with E-state index < -0.39 is 0 Å². The van der Waals surface area contributed by atoms with Gasteiger partial charge >= 0.3 is 0 Å². The van der Waals surface area contributed by atoms with Crippen molar-refractivity contribution in [2.75, 3.05) is 11.9 Å². The number of hydrogen-bond donors (Lipinski definition) is 2. The van der Waals surface area contributed by atoms with E-state index in [1.807, 2.05) is 49.4 Å². The van der Waals surface area contributed by atoms with Gasteiger partial charge in [-0.3, -0.25) is 4.79 Å². The summed E-state index contributed by atoms with van der Waals surface area (Å²) in [4.78, 5) is 12.0. The second kappa shape index (κ2) is 7.24. The van der Waals surface area contributed by atoms with Crippen LogP contribution in [0.1, 0.15) is 11.1 Å². The zero-order valence-electron chi connectivity index (χ0n) is 11.7. The maximum atomic E-state index is 12.0. The van der Waals surface area contributed by atoms with Crippen LogP contribution < -0.4 is 15.8 Å². The summed E-state index contributed by atoms with van der Waals surface area (Å²) in [5, 5.41) is 2.80. The third-order valence-electron chi connectivity index (χ3n) is 3.01. The third kappa shape index (κ3) is 4.06. The summed E-state index contributed by atoms with van der Waals surface area (Å²) >= 11 is 3.38. The van der Waals surface area contributed by atoms with E-state index in [0.717, 1.165) is 21.3 Å². The number of aryl methyl sites for hydroxylation is 1. The molecular formula is C16H17BrN2O2. The molecular weight excluding hydrogens is 332 g/mol. The van der Waals surface area contributed by atoms with Crippen molar-refractivity contribution in [1.29, 1.82) is 0 Å². The number of anilines is 1. The Balaban J connectivity index is 2.01. The van der Waals surface area contributed by atoms with Crippen LogP contribution in [0.4, 0.5) is 5.69 Å². The summed E-state index contributed by atoms with van der Waals surface area (Å²) in [6.45, 7) is 2.25. The van der Waals surface area contributed by atoms with E-state index in [2.05, 4.69) is 21.2 Å².